The first-order chi connectivity index (χ1) is 14.8. The molecule has 0 spiro atoms. The molecule has 0 saturated carbocycles. The number of carbonyl (C=O) groups excluding carboxylic acids is 1. The van der Waals surface area contributed by atoms with E-state index in [2.05, 4.69) is 20.4 Å². The van der Waals surface area contributed by atoms with Crippen LogP contribution in [0.15, 0.2) is 47.5 Å². The number of benzene rings is 2. The van der Waals surface area contributed by atoms with Crippen LogP contribution in [0.4, 0.5) is 11.5 Å². The molecule has 30 heavy (non-hydrogen) atoms. The monoisotopic (exact) mass is 424 g/mol. The summed E-state index contributed by atoms with van der Waals surface area (Å²) in [5.74, 6) is 2.29. The van der Waals surface area contributed by atoms with Crippen molar-refractivity contribution < 1.29 is 19.0 Å². The standard InChI is InChI=1S/C21H20N4O4S/c26-19(22-14-5-6-17-18(11-14)29-13-28-17)12-30-21-16-4-2-1-3-15(16)20(23-24-21)25-7-9-27-10-8-25/h1-6,11H,7-10,12-13H2,(H,22,26). The zero-order chi connectivity index (χ0) is 20.3. The topological polar surface area (TPSA) is 85.8 Å². The molecular formula is C21H20N4O4S. The molecular weight excluding hydrogens is 404 g/mol. The summed E-state index contributed by atoms with van der Waals surface area (Å²) in [6, 6.07) is 13.4. The number of aromatic nitrogens is 2. The molecule has 3 aromatic rings. The van der Waals surface area contributed by atoms with E-state index in [9.17, 15) is 4.79 Å². The van der Waals surface area contributed by atoms with Crippen LogP contribution in [0.3, 0.4) is 0 Å². The number of morpholine rings is 1. The zero-order valence-electron chi connectivity index (χ0n) is 16.2. The fourth-order valence-corrected chi connectivity index (χ4v) is 4.26. The van der Waals surface area contributed by atoms with Gasteiger partial charge in [-0.25, -0.2) is 0 Å². The van der Waals surface area contributed by atoms with E-state index in [-0.39, 0.29) is 18.5 Å². The van der Waals surface area contributed by atoms with E-state index in [0.717, 1.165) is 34.7 Å². The summed E-state index contributed by atoms with van der Waals surface area (Å²) < 4.78 is 16.1. The molecule has 1 N–H and O–H groups in total. The maximum absolute atomic E-state index is 12.5. The Kier molecular flexibility index (Phi) is 5.29. The molecule has 1 aromatic heterocycles. The number of fused-ring (bicyclic) bond motifs is 2. The Labute approximate surface area is 177 Å². The summed E-state index contributed by atoms with van der Waals surface area (Å²) in [6.07, 6.45) is 0. The largest absolute Gasteiger partial charge is 0.454 e. The molecule has 5 rings (SSSR count). The van der Waals surface area contributed by atoms with Crippen LogP contribution in [0.2, 0.25) is 0 Å². The van der Waals surface area contributed by atoms with Crippen LogP contribution < -0.4 is 19.7 Å². The van der Waals surface area contributed by atoms with E-state index in [0.29, 0.717) is 30.4 Å². The van der Waals surface area contributed by atoms with Crippen LogP contribution in [0.1, 0.15) is 0 Å². The van der Waals surface area contributed by atoms with Crippen molar-refractivity contribution >= 4 is 39.9 Å². The van der Waals surface area contributed by atoms with Gasteiger partial charge in [-0.15, -0.1) is 10.2 Å². The molecule has 154 valence electrons. The van der Waals surface area contributed by atoms with Crippen molar-refractivity contribution in [3.05, 3.63) is 42.5 Å². The maximum atomic E-state index is 12.5. The second kappa shape index (κ2) is 8.37. The molecule has 0 radical (unpaired) electrons. The van der Waals surface area contributed by atoms with Gasteiger partial charge in [0.1, 0.15) is 5.03 Å². The number of amides is 1. The molecule has 1 amide bonds. The highest BCUT2D eigenvalue weighted by Gasteiger charge is 2.19. The first kappa shape index (κ1) is 19.0. The fourth-order valence-electron chi connectivity index (χ4n) is 3.49. The summed E-state index contributed by atoms with van der Waals surface area (Å²) in [6.45, 7) is 3.17. The summed E-state index contributed by atoms with van der Waals surface area (Å²) in [4.78, 5) is 14.7. The van der Waals surface area contributed by atoms with Gasteiger partial charge in [-0.05, 0) is 12.1 Å². The lowest BCUT2D eigenvalue weighted by Gasteiger charge is -2.28. The van der Waals surface area contributed by atoms with Gasteiger partial charge in [-0.1, -0.05) is 36.0 Å². The van der Waals surface area contributed by atoms with Crippen LogP contribution in [0, 0.1) is 0 Å². The number of hydrogen-bond donors (Lipinski definition) is 1. The molecule has 0 unspecified atom stereocenters. The highest BCUT2D eigenvalue weighted by Crippen LogP contribution is 2.34. The van der Waals surface area contributed by atoms with Crippen LogP contribution in [0.25, 0.3) is 10.8 Å². The minimum Gasteiger partial charge on any atom is -0.454 e. The lowest BCUT2D eigenvalue weighted by atomic mass is 10.2. The SMILES string of the molecule is O=C(CSc1nnc(N2CCOCC2)c2ccccc12)Nc1ccc2c(c1)OCO2. The zero-order valence-corrected chi connectivity index (χ0v) is 17.0. The maximum Gasteiger partial charge on any atom is 0.234 e. The second-order valence-corrected chi connectivity index (χ2v) is 7.84. The van der Waals surface area contributed by atoms with Gasteiger partial charge >= 0.3 is 0 Å². The summed E-state index contributed by atoms with van der Waals surface area (Å²) in [5, 5.41) is 14.5. The fraction of sp³-hybridized carbons (Fsp3) is 0.286. The first-order valence-electron chi connectivity index (χ1n) is 9.68. The van der Waals surface area contributed by atoms with Crippen molar-refractivity contribution in [1.29, 1.82) is 0 Å². The van der Waals surface area contributed by atoms with E-state index >= 15 is 0 Å². The van der Waals surface area contributed by atoms with Crippen LogP contribution in [-0.4, -0.2) is 55.0 Å². The lowest BCUT2D eigenvalue weighted by molar-refractivity contribution is -0.113. The Bertz CT molecular complexity index is 1090. The first-order valence-corrected chi connectivity index (χ1v) is 10.7. The molecule has 3 heterocycles. The second-order valence-electron chi connectivity index (χ2n) is 6.88. The Morgan fingerprint density at radius 3 is 2.70 bits per heavy atom. The Balaban J connectivity index is 1.30. The summed E-state index contributed by atoms with van der Waals surface area (Å²) in [5.41, 5.74) is 0.670. The van der Waals surface area contributed by atoms with E-state index < -0.39 is 0 Å². The van der Waals surface area contributed by atoms with Gasteiger partial charge in [0.25, 0.3) is 0 Å². The minimum atomic E-state index is -0.123. The van der Waals surface area contributed by atoms with E-state index in [1.165, 1.54) is 11.8 Å². The van der Waals surface area contributed by atoms with Crippen LogP contribution in [-0.2, 0) is 9.53 Å². The molecule has 9 heteroatoms. The number of rotatable bonds is 5. The van der Waals surface area contributed by atoms with Crippen molar-refractivity contribution in [2.45, 2.75) is 5.03 Å². The average Bonchev–Trinajstić information content (AvgIpc) is 3.26. The number of nitrogens with one attached hydrogen (secondary N) is 1. The van der Waals surface area contributed by atoms with E-state index in [1.54, 1.807) is 18.2 Å². The Morgan fingerprint density at radius 1 is 1.03 bits per heavy atom. The summed E-state index contributed by atoms with van der Waals surface area (Å²) >= 11 is 1.37. The Morgan fingerprint density at radius 2 is 1.83 bits per heavy atom. The van der Waals surface area contributed by atoms with Crippen molar-refractivity contribution in [2.75, 3.05) is 49.1 Å². The molecule has 2 aliphatic heterocycles. The molecule has 8 nitrogen and oxygen atoms in total. The molecule has 0 atom stereocenters. The number of anilines is 2. The number of carbonyl (C=O) groups is 1. The number of nitrogens with zero attached hydrogens (tertiary/aromatic N) is 3. The molecule has 2 aliphatic rings. The Hall–Kier alpha value is -3.04. The number of ether oxygens (including phenoxy) is 3. The molecule has 1 fully saturated rings. The molecule has 0 bridgehead atoms. The number of thioether (sulfide) groups is 1. The third kappa shape index (κ3) is 3.86. The van der Waals surface area contributed by atoms with Gasteiger partial charge in [-0.2, -0.15) is 0 Å². The quantitative estimate of drug-likeness (QED) is 0.626. The normalized spacial score (nSPS) is 15.4. The minimum absolute atomic E-state index is 0.123. The van der Waals surface area contributed by atoms with Gasteiger partial charge in [0.05, 0.1) is 19.0 Å². The number of hydrogen-bond acceptors (Lipinski definition) is 8. The molecule has 2 aromatic carbocycles. The predicted molar refractivity (Wildman–Crippen MR) is 114 cm³/mol. The highest BCUT2D eigenvalue weighted by atomic mass is 32.2. The van der Waals surface area contributed by atoms with Gasteiger partial charge < -0.3 is 24.4 Å². The lowest BCUT2D eigenvalue weighted by Crippen LogP contribution is -2.37. The van der Waals surface area contributed by atoms with Crippen LogP contribution in [0.5, 0.6) is 11.5 Å². The van der Waals surface area contributed by atoms with Gasteiger partial charge in [0.2, 0.25) is 12.7 Å². The van der Waals surface area contributed by atoms with Crippen molar-refractivity contribution in [3.63, 3.8) is 0 Å². The van der Waals surface area contributed by atoms with Crippen molar-refractivity contribution in [1.82, 2.24) is 10.2 Å². The van der Waals surface area contributed by atoms with Gasteiger partial charge in [0.15, 0.2) is 17.3 Å². The predicted octanol–water partition coefficient (Wildman–Crippen LogP) is 2.93. The van der Waals surface area contributed by atoms with Gasteiger partial charge in [-0.3, -0.25) is 4.79 Å². The third-order valence-corrected chi connectivity index (χ3v) is 5.92. The van der Waals surface area contributed by atoms with Crippen LogP contribution >= 0.6 is 11.8 Å². The van der Waals surface area contributed by atoms with Crippen molar-refractivity contribution in [2.24, 2.45) is 0 Å². The smallest absolute Gasteiger partial charge is 0.234 e. The molecule has 0 aliphatic carbocycles. The molecule has 1 saturated heterocycles. The average molecular weight is 424 g/mol. The van der Waals surface area contributed by atoms with E-state index in [1.807, 2.05) is 24.3 Å². The van der Waals surface area contributed by atoms with Gasteiger partial charge in [0, 0.05) is 35.6 Å². The van der Waals surface area contributed by atoms with E-state index in [4.69, 9.17) is 14.2 Å². The highest BCUT2D eigenvalue weighted by molar-refractivity contribution is 8.00. The third-order valence-electron chi connectivity index (χ3n) is 4.94. The van der Waals surface area contributed by atoms with Crippen molar-refractivity contribution in [3.8, 4) is 11.5 Å². The summed E-state index contributed by atoms with van der Waals surface area (Å²) in [7, 11) is 0.